The van der Waals surface area contributed by atoms with Crippen molar-refractivity contribution in [3.8, 4) is 0 Å². The summed E-state index contributed by atoms with van der Waals surface area (Å²) in [4.78, 5) is 0. The Morgan fingerprint density at radius 3 is 2.79 bits per heavy atom. The monoisotopic (exact) mass is 374 g/mol. The lowest BCUT2D eigenvalue weighted by Crippen LogP contribution is -2.42. The lowest BCUT2D eigenvalue weighted by atomic mass is 10.00. The molecule has 0 spiro atoms. The fraction of sp³-hybridized carbons (Fsp3) is 0.778. The standard InChI is InChI=1S/C9H12BrIO3/c1-9(2)13-7-4(10)3-5(12)6(11)8(7)14-9/h3,5-8,12H,1-2H3/t5-,6+,7-,8+/m1/s1. The van der Waals surface area contributed by atoms with Crippen LogP contribution in [0.3, 0.4) is 0 Å². The van der Waals surface area contributed by atoms with E-state index in [2.05, 4.69) is 38.5 Å². The molecule has 80 valence electrons. The summed E-state index contributed by atoms with van der Waals surface area (Å²) >= 11 is 5.61. The number of rotatable bonds is 0. The van der Waals surface area contributed by atoms with Gasteiger partial charge in [-0.1, -0.05) is 38.5 Å². The highest BCUT2D eigenvalue weighted by Crippen LogP contribution is 2.41. The molecule has 0 saturated carbocycles. The molecule has 1 fully saturated rings. The van der Waals surface area contributed by atoms with Gasteiger partial charge in [-0.15, -0.1) is 0 Å². The van der Waals surface area contributed by atoms with Crippen LogP contribution in [-0.4, -0.2) is 33.1 Å². The minimum Gasteiger partial charge on any atom is -0.388 e. The van der Waals surface area contributed by atoms with Crippen LogP contribution in [0.2, 0.25) is 0 Å². The molecule has 0 radical (unpaired) electrons. The van der Waals surface area contributed by atoms with E-state index in [1.54, 1.807) is 6.08 Å². The van der Waals surface area contributed by atoms with Crippen LogP contribution in [0.4, 0.5) is 0 Å². The molecule has 0 aromatic rings. The Morgan fingerprint density at radius 1 is 1.50 bits per heavy atom. The van der Waals surface area contributed by atoms with E-state index in [1.807, 2.05) is 13.8 Å². The zero-order chi connectivity index (χ0) is 10.5. The second-order valence-corrected chi connectivity index (χ2v) is 6.36. The zero-order valence-electron chi connectivity index (χ0n) is 7.91. The van der Waals surface area contributed by atoms with Gasteiger partial charge in [0.05, 0.1) is 10.0 Å². The van der Waals surface area contributed by atoms with Crippen molar-refractivity contribution in [1.29, 1.82) is 0 Å². The predicted octanol–water partition coefficient (Wildman–Crippen LogP) is 1.96. The maximum Gasteiger partial charge on any atom is 0.164 e. The Bertz CT molecular complexity index is 279. The maximum absolute atomic E-state index is 9.72. The van der Waals surface area contributed by atoms with Gasteiger partial charge in [0, 0.05) is 4.48 Å². The molecule has 2 aliphatic rings. The molecule has 0 bridgehead atoms. The summed E-state index contributed by atoms with van der Waals surface area (Å²) in [6.45, 7) is 3.78. The quantitative estimate of drug-likeness (QED) is 0.520. The van der Waals surface area contributed by atoms with Gasteiger partial charge in [-0.2, -0.15) is 0 Å². The van der Waals surface area contributed by atoms with Crippen LogP contribution in [0.5, 0.6) is 0 Å². The van der Waals surface area contributed by atoms with Crippen LogP contribution in [-0.2, 0) is 9.47 Å². The number of halogens is 2. The van der Waals surface area contributed by atoms with E-state index in [4.69, 9.17) is 9.47 Å². The van der Waals surface area contributed by atoms with Crippen LogP contribution >= 0.6 is 38.5 Å². The first-order valence-electron chi connectivity index (χ1n) is 4.46. The van der Waals surface area contributed by atoms with Gasteiger partial charge >= 0.3 is 0 Å². The van der Waals surface area contributed by atoms with E-state index in [0.717, 1.165) is 4.48 Å². The molecule has 1 N–H and O–H groups in total. The van der Waals surface area contributed by atoms with Crippen molar-refractivity contribution in [3.63, 3.8) is 0 Å². The zero-order valence-corrected chi connectivity index (χ0v) is 11.6. The van der Waals surface area contributed by atoms with Gasteiger partial charge in [-0.3, -0.25) is 0 Å². The fourth-order valence-electron chi connectivity index (χ4n) is 1.78. The normalized spacial score (nSPS) is 45.9. The van der Waals surface area contributed by atoms with Crippen molar-refractivity contribution in [3.05, 3.63) is 10.6 Å². The molecule has 0 amide bonds. The van der Waals surface area contributed by atoms with Crippen molar-refractivity contribution in [2.45, 2.75) is 41.9 Å². The molecule has 14 heavy (non-hydrogen) atoms. The molecule has 1 aliphatic heterocycles. The third kappa shape index (κ3) is 1.89. The first kappa shape index (κ1) is 11.3. The summed E-state index contributed by atoms with van der Waals surface area (Å²) in [5.74, 6) is -0.560. The Balaban J connectivity index is 2.27. The molecule has 4 atom stereocenters. The van der Waals surface area contributed by atoms with Crippen LogP contribution in [0.15, 0.2) is 10.6 Å². The van der Waals surface area contributed by atoms with Gasteiger partial charge in [-0.25, -0.2) is 0 Å². The van der Waals surface area contributed by atoms with Gasteiger partial charge in [0.15, 0.2) is 5.79 Å². The molecule has 5 heteroatoms. The molecule has 3 nitrogen and oxygen atoms in total. The Morgan fingerprint density at radius 2 is 2.14 bits per heavy atom. The van der Waals surface area contributed by atoms with Gasteiger partial charge in [0.2, 0.25) is 0 Å². The van der Waals surface area contributed by atoms with Crippen LogP contribution in [0.25, 0.3) is 0 Å². The summed E-state index contributed by atoms with van der Waals surface area (Å²) in [5.41, 5.74) is 0. The highest BCUT2D eigenvalue weighted by molar-refractivity contribution is 14.1. The van der Waals surface area contributed by atoms with E-state index in [0.29, 0.717) is 0 Å². The van der Waals surface area contributed by atoms with Crippen LogP contribution < -0.4 is 0 Å². The fourth-order valence-corrected chi connectivity index (χ4v) is 3.14. The second kappa shape index (κ2) is 3.69. The summed E-state index contributed by atoms with van der Waals surface area (Å²) in [7, 11) is 0. The minimum atomic E-state index is -0.560. The number of hydrogen-bond donors (Lipinski definition) is 1. The number of aliphatic hydroxyl groups excluding tert-OH is 1. The number of ether oxygens (including phenoxy) is 2. The molecular weight excluding hydrogens is 363 g/mol. The summed E-state index contributed by atoms with van der Waals surface area (Å²) < 4.78 is 12.4. The van der Waals surface area contributed by atoms with Gasteiger partial charge in [0.25, 0.3) is 0 Å². The van der Waals surface area contributed by atoms with E-state index < -0.39 is 11.9 Å². The number of hydrogen-bond acceptors (Lipinski definition) is 3. The van der Waals surface area contributed by atoms with Crippen molar-refractivity contribution >= 4 is 38.5 Å². The SMILES string of the molecule is CC1(C)O[C@H]2[C@@H](I)[C@H](O)C=C(Br)[C@H]2O1. The predicted molar refractivity (Wildman–Crippen MR) is 64.6 cm³/mol. The summed E-state index contributed by atoms with van der Waals surface area (Å²) in [6, 6.07) is 0. The lowest BCUT2D eigenvalue weighted by Gasteiger charge is -2.29. The molecule has 0 aromatic carbocycles. The van der Waals surface area contributed by atoms with Crippen molar-refractivity contribution in [2.24, 2.45) is 0 Å². The van der Waals surface area contributed by atoms with E-state index >= 15 is 0 Å². The second-order valence-electron chi connectivity index (χ2n) is 4.01. The Kier molecular flexibility index (Phi) is 2.99. The third-order valence-corrected chi connectivity index (χ3v) is 4.53. The van der Waals surface area contributed by atoms with Crippen molar-refractivity contribution < 1.29 is 14.6 Å². The average Bonchev–Trinajstić information content (AvgIpc) is 2.38. The first-order chi connectivity index (χ1) is 6.41. The van der Waals surface area contributed by atoms with Crippen LogP contribution in [0.1, 0.15) is 13.8 Å². The maximum atomic E-state index is 9.72. The minimum absolute atomic E-state index is 0.0423. The average molecular weight is 375 g/mol. The molecule has 1 saturated heterocycles. The van der Waals surface area contributed by atoms with Crippen LogP contribution in [0, 0.1) is 0 Å². The molecule has 2 rings (SSSR count). The highest BCUT2D eigenvalue weighted by Gasteiger charge is 2.49. The van der Waals surface area contributed by atoms with E-state index in [9.17, 15) is 5.11 Å². The molecule has 1 aliphatic carbocycles. The topological polar surface area (TPSA) is 38.7 Å². The molecule has 1 heterocycles. The molecule has 0 unspecified atom stereocenters. The van der Waals surface area contributed by atoms with Gasteiger partial charge < -0.3 is 14.6 Å². The number of alkyl halides is 1. The van der Waals surface area contributed by atoms with Gasteiger partial charge in [-0.05, 0) is 19.9 Å². The highest BCUT2D eigenvalue weighted by atomic mass is 127. The van der Waals surface area contributed by atoms with Gasteiger partial charge in [0.1, 0.15) is 12.2 Å². The third-order valence-electron chi connectivity index (χ3n) is 2.37. The van der Waals surface area contributed by atoms with E-state index in [1.165, 1.54) is 0 Å². The Hall–Kier alpha value is 0.830. The first-order valence-corrected chi connectivity index (χ1v) is 6.49. The molecule has 0 aromatic heterocycles. The number of fused-ring (bicyclic) bond motifs is 1. The number of aliphatic hydroxyl groups is 1. The van der Waals surface area contributed by atoms with E-state index in [-0.39, 0.29) is 16.1 Å². The Labute approximate surface area is 105 Å². The smallest absolute Gasteiger partial charge is 0.164 e. The largest absolute Gasteiger partial charge is 0.388 e. The lowest BCUT2D eigenvalue weighted by molar-refractivity contribution is -0.143. The summed E-state index contributed by atoms with van der Waals surface area (Å²) in [5, 5.41) is 9.72. The van der Waals surface area contributed by atoms with Crippen molar-refractivity contribution in [2.75, 3.05) is 0 Å². The summed E-state index contributed by atoms with van der Waals surface area (Å²) in [6.07, 6.45) is 1.17. The van der Waals surface area contributed by atoms with Crippen molar-refractivity contribution in [1.82, 2.24) is 0 Å². The molecular formula is C9H12BrIO3.